The van der Waals surface area contributed by atoms with Crippen LogP contribution in [0.5, 0.6) is 0 Å². The molecule has 1 atom stereocenters. The summed E-state index contributed by atoms with van der Waals surface area (Å²) in [6.45, 7) is 2.17. The van der Waals surface area contributed by atoms with Crippen LogP contribution in [0.1, 0.15) is 25.6 Å². The second-order valence-corrected chi connectivity index (χ2v) is 4.05. The van der Waals surface area contributed by atoms with Gasteiger partial charge in [-0.2, -0.15) is 4.98 Å². The van der Waals surface area contributed by atoms with Gasteiger partial charge in [0.05, 0.1) is 12.8 Å². The molecule has 0 fully saturated rings. The Hall–Kier alpha value is -2.15. The summed E-state index contributed by atoms with van der Waals surface area (Å²) in [6.07, 6.45) is 2.85. The smallest absolute Gasteiger partial charge is 0.320 e. The third-order valence-electron chi connectivity index (χ3n) is 2.58. The number of nitrogens with zero attached hydrogens (tertiary/aromatic N) is 2. The van der Waals surface area contributed by atoms with Crippen LogP contribution in [0.2, 0.25) is 0 Å². The van der Waals surface area contributed by atoms with Crippen LogP contribution in [0.25, 0.3) is 11.7 Å². The molecule has 2 aromatic heterocycles. The Labute approximate surface area is 109 Å². The fraction of sp³-hybridized carbons (Fsp3) is 0.417. The molecule has 0 bridgehead atoms. The molecule has 0 saturated carbocycles. The van der Waals surface area contributed by atoms with E-state index < -0.39 is 12.0 Å². The first-order chi connectivity index (χ1) is 9.20. The molecule has 2 aromatic rings. The third kappa shape index (κ3) is 3.41. The number of hydrogen-bond acceptors (Lipinski definition) is 6. The van der Waals surface area contributed by atoms with Gasteiger partial charge in [0, 0.05) is 0 Å². The highest BCUT2D eigenvalue weighted by molar-refractivity contribution is 5.73. The van der Waals surface area contributed by atoms with E-state index in [2.05, 4.69) is 15.5 Å². The SMILES string of the molecule is CCCC(NCc1noc(-c2ccco2)n1)C(=O)O. The molecule has 1 unspecified atom stereocenters. The summed E-state index contributed by atoms with van der Waals surface area (Å²) < 4.78 is 10.1. The monoisotopic (exact) mass is 265 g/mol. The van der Waals surface area contributed by atoms with Crippen molar-refractivity contribution < 1.29 is 18.8 Å². The van der Waals surface area contributed by atoms with E-state index in [0.717, 1.165) is 6.42 Å². The zero-order valence-corrected chi connectivity index (χ0v) is 10.5. The molecule has 0 spiro atoms. The molecule has 2 heterocycles. The highest BCUT2D eigenvalue weighted by Gasteiger charge is 2.17. The minimum absolute atomic E-state index is 0.237. The molecule has 0 aromatic carbocycles. The number of carboxylic acids is 1. The summed E-state index contributed by atoms with van der Waals surface area (Å²) in [5.74, 6) is 0.289. The van der Waals surface area contributed by atoms with Crippen LogP contribution in [0.15, 0.2) is 27.3 Å². The fourth-order valence-corrected chi connectivity index (χ4v) is 1.64. The number of aliphatic carboxylic acids is 1. The van der Waals surface area contributed by atoms with E-state index in [4.69, 9.17) is 14.0 Å². The maximum absolute atomic E-state index is 11.0. The molecule has 19 heavy (non-hydrogen) atoms. The molecule has 0 saturated heterocycles. The van der Waals surface area contributed by atoms with Crippen LogP contribution in [-0.4, -0.2) is 27.3 Å². The lowest BCUT2D eigenvalue weighted by Gasteiger charge is -2.11. The molecule has 0 aliphatic rings. The Balaban J connectivity index is 1.95. The summed E-state index contributed by atoms with van der Waals surface area (Å²) in [6, 6.07) is 2.83. The topological polar surface area (TPSA) is 101 Å². The van der Waals surface area contributed by atoms with Gasteiger partial charge in [-0.3, -0.25) is 10.1 Å². The van der Waals surface area contributed by atoms with E-state index >= 15 is 0 Å². The van der Waals surface area contributed by atoms with Crippen molar-refractivity contribution >= 4 is 5.97 Å². The first-order valence-corrected chi connectivity index (χ1v) is 6.03. The summed E-state index contributed by atoms with van der Waals surface area (Å²) in [5.41, 5.74) is 0. The van der Waals surface area contributed by atoms with E-state index in [1.165, 1.54) is 6.26 Å². The van der Waals surface area contributed by atoms with Crippen molar-refractivity contribution in [2.75, 3.05) is 0 Å². The van der Waals surface area contributed by atoms with Gasteiger partial charge in [0.1, 0.15) is 6.04 Å². The molecule has 7 nitrogen and oxygen atoms in total. The van der Waals surface area contributed by atoms with Crippen molar-refractivity contribution in [3.63, 3.8) is 0 Å². The fourth-order valence-electron chi connectivity index (χ4n) is 1.64. The largest absolute Gasteiger partial charge is 0.480 e. The van der Waals surface area contributed by atoms with Crippen molar-refractivity contribution in [2.45, 2.75) is 32.4 Å². The van der Waals surface area contributed by atoms with Crippen molar-refractivity contribution in [3.05, 3.63) is 24.2 Å². The lowest BCUT2D eigenvalue weighted by Crippen LogP contribution is -2.36. The Kier molecular flexibility index (Phi) is 4.30. The summed E-state index contributed by atoms with van der Waals surface area (Å²) in [4.78, 5) is 15.1. The van der Waals surface area contributed by atoms with E-state index in [1.54, 1.807) is 12.1 Å². The molecule has 102 valence electrons. The Bertz CT molecular complexity index is 521. The van der Waals surface area contributed by atoms with Crippen molar-refractivity contribution in [1.29, 1.82) is 0 Å². The summed E-state index contributed by atoms with van der Waals surface area (Å²) in [7, 11) is 0. The van der Waals surface area contributed by atoms with Crippen LogP contribution in [0, 0.1) is 0 Å². The van der Waals surface area contributed by atoms with Gasteiger partial charge in [-0.15, -0.1) is 0 Å². The number of hydrogen-bond donors (Lipinski definition) is 2. The first-order valence-electron chi connectivity index (χ1n) is 6.03. The van der Waals surface area contributed by atoms with E-state index in [-0.39, 0.29) is 12.4 Å². The van der Waals surface area contributed by atoms with Crippen LogP contribution < -0.4 is 5.32 Å². The molecule has 0 radical (unpaired) electrons. The van der Waals surface area contributed by atoms with E-state index in [9.17, 15) is 4.79 Å². The van der Waals surface area contributed by atoms with Gasteiger partial charge in [0.25, 0.3) is 5.89 Å². The van der Waals surface area contributed by atoms with Gasteiger partial charge in [-0.05, 0) is 18.6 Å². The molecular weight excluding hydrogens is 250 g/mol. The van der Waals surface area contributed by atoms with E-state index in [1.807, 2.05) is 6.92 Å². The van der Waals surface area contributed by atoms with Crippen molar-refractivity contribution in [1.82, 2.24) is 15.5 Å². The molecule has 7 heteroatoms. The third-order valence-corrected chi connectivity index (χ3v) is 2.58. The van der Waals surface area contributed by atoms with Gasteiger partial charge in [-0.25, -0.2) is 0 Å². The molecular formula is C12H15N3O4. The minimum Gasteiger partial charge on any atom is -0.480 e. The van der Waals surface area contributed by atoms with Crippen LogP contribution in [0.4, 0.5) is 0 Å². The minimum atomic E-state index is -0.878. The van der Waals surface area contributed by atoms with Gasteiger partial charge in [-0.1, -0.05) is 18.5 Å². The van der Waals surface area contributed by atoms with Crippen molar-refractivity contribution in [3.8, 4) is 11.7 Å². The van der Waals surface area contributed by atoms with Gasteiger partial charge in [0.15, 0.2) is 11.6 Å². The van der Waals surface area contributed by atoms with Gasteiger partial charge >= 0.3 is 5.97 Å². The zero-order chi connectivity index (χ0) is 13.7. The molecule has 0 aliphatic carbocycles. The number of furan rings is 1. The standard InChI is InChI=1S/C12H15N3O4/c1-2-4-8(12(16)17)13-7-10-14-11(19-15-10)9-5-3-6-18-9/h3,5-6,8,13H,2,4,7H2,1H3,(H,16,17). The molecule has 0 aliphatic heterocycles. The summed E-state index contributed by atoms with van der Waals surface area (Å²) in [5, 5.41) is 15.6. The van der Waals surface area contributed by atoms with Crippen molar-refractivity contribution in [2.24, 2.45) is 0 Å². The highest BCUT2D eigenvalue weighted by Crippen LogP contribution is 2.16. The highest BCUT2D eigenvalue weighted by atomic mass is 16.5. The maximum atomic E-state index is 11.0. The van der Waals surface area contributed by atoms with Crippen LogP contribution in [0.3, 0.4) is 0 Å². The Morgan fingerprint density at radius 2 is 2.42 bits per heavy atom. The number of rotatable bonds is 7. The van der Waals surface area contributed by atoms with Gasteiger partial charge < -0.3 is 14.0 Å². The maximum Gasteiger partial charge on any atom is 0.320 e. The number of aromatic nitrogens is 2. The van der Waals surface area contributed by atoms with Gasteiger partial charge in [0.2, 0.25) is 0 Å². The van der Waals surface area contributed by atoms with E-state index in [0.29, 0.717) is 18.0 Å². The molecule has 2 rings (SSSR count). The Morgan fingerprint density at radius 1 is 1.58 bits per heavy atom. The second kappa shape index (κ2) is 6.14. The van der Waals surface area contributed by atoms with Crippen LogP contribution >= 0.6 is 0 Å². The van der Waals surface area contributed by atoms with Crippen LogP contribution in [-0.2, 0) is 11.3 Å². The molecule has 0 amide bonds. The predicted octanol–water partition coefficient (Wildman–Crippen LogP) is 1.67. The number of carbonyl (C=O) groups is 1. The predicted molar refractivity (Wildman–Crippen MR) is 65.2 cm³/mol. The molecule has 2 N–H and O–H groups in total. The summed E-state index contributed by atoms with van der Waals surface area (Å²) >= 11 is 0. The quantitative estimate of drug-likeness (QED) is 0.785. The zero-order valence-electron chi connectivity index (χ0n) is 10.5. The lowest BCUT2D eigenvalue weighted by molar-refractivity contribution is -0.139. The normalized spacial score (nSPS) is 12.5. The average Bonchev–Trinajstić information content (AvgIpc) is 3.04. The number of nitrogens with one attached hydrogen (secondary N) is 1. The second-order valence-electron chi connectivity index (χ2n) is 4.05. The number of carboxylic acid groups (broad SMARTS) is 1. The Morgan fingerprint density at radius 3 is 3.05 bits per heavy atom. The first kappa shape index (κ1) is 13.3. The average molecular weight is 265 g/mol. The lowest BCUT2D eigenvalue weighted by atomic mass is 10.2.